The number of piperazine rings is 1. The molecule has 2 aromatic rings. The van der Waals surface area contributed by atoms with Gasteiger partial charge in [0, 0.05) is 45.5 Å². The molecule has 0 amide bonds. The van der Waals surface area contributed by atoms with Crippen molar-refractivity contribution in [3.63, 3.8) is 0 Å². The molecule has 7 nitrogen and oxygen atoms in total. The zero-order valence-electron chi connectivity index (χ0n) is 17.0. The van der Waals surface area contributed by atoms with E-state index in [1.165, 1.54) is 11.1 Å². The molecule has 1 saturated heterocycles. The summed E-state index contributed by atoms with van der Waals surface area (Å²) in [5, 5.41) is 0. The normalized spacial score (nSPS) is 17.4. The fourth-order valence-electron chi connectivity index (χ4n) is 4.01. The van der Waals surface area contributed by atoms with Gasteiger partial charge in [0.05, 0.1) is 14.2 Å². The minimum Gasteiger partial charge on any atom is -0.493 e. The van der Waals surface area contributed by atoms with Crippen molar-refractivity contribution in [3.05, 3.63) is 35.5 Å². The standard InChI is InChI=1S/C21H29N5O2/c1-4-24-9-11-25(12-10-24)20-5-7-22-21(23-20)26-8-6-16-13-18(27-2)19(28-3)14-17(16)15-26/h5,7,13-14H,4,6,8-12,15H2,1-3H3. The van der Waals surface area contributed by atoms with Gasteiger partial charge in [0.2, 0.25) is 5.95 Å². The maximum Gasteiger partial charge on any atom is 0.227 e. The van der Waals surface area contributed by atoms with Gasteiger partial charge in [-0.15, -0.1) is 0 Å². The zero-order valence-corrected chi connectivity index (χ0v) is 17.0. The van der Waals surface area contributed by atoms with E-state index in [-0.39, 0.29) is 0 Å². The molecule has 0 unspecified atom stereocenters. The third kappa shape index (κ3) is 3.71. The van der Waals surface area contributed by atoms with Crippen molar-refractivity contribution in [2.75, 3.05) is 63.3 Å². The molecule has 2 aliphatic rings. The van der Waals surface area contributed by atoms with E-state index in [0.717, 1.165) is 75.5 Å². The SMILES string of the molecule is CCN1CCN(c2ccnc(N3CCc4cc(OC)c(OC)cc4C3)n2)CC1. The number of likely N-dealkylation sites (N-methyl/N-ethyl adjacent to an activating group) is 1. The van der Waals surface area contributed by atoms with Gasteiger partial charge in [-0.25, -0.2) is 4.98 Å². The summed E-state index contributed by atoms with van der Waals surface area (Å²) in [6, 6.07) is 6.20. The van der Waals surface area contributed by atoms with Crippen LogP contribution >= 0.6 is 0 Å². The highest BCUT2D eigenvalue weighted by molar-refractivity contribution is 5.52. The predicted octanol–water partition coefficient (Wildman–Crippen LogP) is 2.20. The molecule has 150 valence electrons. The lowest BCUT2D eigenvalue weighted by Gasteiger charge is -2.35. The van der Waals surface area contributed by atoms with Gasteiger partial charge >= 0.3 is 0 Å². The van der Waals surface area contributed by atoms with E-state index in [1.807, 2.05) is 12.3 Å². The number of methoxy groups -OCH3 is 2. The molecule has 3 heterocycles. The van der Waals surface area contributed by atoms with E-state index >= 15 is 0 Å². The van der Waals surface area contributed by atoms with Crippen LogP contribution in [0.15, 0.2) is 24.4 Å². The second-order valence-electron chi connectivity index (χ2n) is 7.28. The summed E-state index contributed by atoms with van der Waals surface area (Å²) < 4.78 is 10.9. The van der Waals surface area contributed by atoms with Gasteiger partial charge in [-0.3, -0.25) is 0 Å². The second-order valence-corrected chi connectivity index (χ2v) is 7.28. The fraction of sp³-hybridized carbons (Fsp3) is 0.524. The van der Waals surface area contributed by atoms with Gasteiger partial charge in [-0.1, -0.05) is 6.92 Å². The van der Waals surface area contributed by atoms with E-state index < -0.39 is 0 Å². The monoisotopic (exact) mass is 383 g/mol. The smallest absolute Gasteiger partial charge is 0.227 e. The molecular formula is C21H29N5O2. The number of hydrogen-bond acceptors (Lipinski definition) is 7. The Kier molecular flexibility index (Phi) is 5.52. The quantitative estimate of drug-likeness (QED) is 0.784. The second kappa shape index (κ2) is 8.22. The molecule has 0 aliphatic carbocycles. The van der Waals surface area contributed by atoms with Crippen LogP contribution in [0.3, 0.4) is 0 Å². The zero-order chi connectivity index (χ0) is 19.5. The van der Waals surface area contributed by atoms with Crippen molar-refractivity contribution in [3.8, 4) is 11.5 Å². The Morgan fingerprint density at radius 3 is 2.32 bits per heavy atom. The molecule has 0 saturated carbocycles. The number of ether oxygens (including phenoxy) is 2. The Hall–Kier alpha value is -2.54. The first-order valence-corrected chi connectivity index (χ1v) is 10.0. The van der Waals surface area contributed by atoms with Crippen LogP contribution in [0.25, 0.3) is 0 Å². The molecular weight excluding hydrogens is 354 g/mol. The van der Waals surface area contributed by atoms with Gasteiger partial charge in [-0.2, -0.15) is 4.98 Å². The number of aromatic nitrogens is 2. The van der Waals surface area contributed by atoms with Gasteiger partial charge in [0.25, 0.3) is 0 Å². The van der Waals surface area contributed by atoms with Crippen LogP contribution in [0.5, 0.6) is 11.5 Å². The predicted molar refractivity (Wildman–Crippen MR) is 111 cm³/mol. The van der Waals surface area contributed by atoms with E-state index in [4.69, 9.17) is 14.5 Å². The lowest BCUT2D eigenvalue weighted by molar-refractivity contribution is 0.270. The number of fused-ring (bicyclic) bond motifs is 1. The van der Waals surface area contributed by atoms with Crippen molar-refractivity contribution in [1.29, 1.82) is 0 Å². The number of hydrogen-bond donors (Lipinski definition) is 0. The van der Waals surface area contributed by atoms with Crippen molar-refractivity contribution in [2.24, 2.45) is 0 Å². The highest BCUT2D eigenvalue weighted by Crippen LogP contribution is 2.34. The maximum absolute atomic E-state index is 5.47. The van der Waals surface area contributed by atoms with Crippen LogP contribution in [-0.4, -0.2) is 68.4 Å². The van der Waals surface area contributed by atoms with Crippen LogP contribution in [0.2, 0.25) is 0 Å². The van der Waals surface area contributed by atoms with E-state index in [9.17, 15) is 0 Å². The average Bonchev–Trinajstić information content (AvgIpc) is 2.77. The molecule has 0 atom stereocenters. The van der Waals surface area contributed by atoms with E-state index in [2.05, 4.69) is 38.7 Å². The number of anilines is 2. The Morgan fingerprint density at radius 2 is 1.64 bits per heavy atom. The van der Waals surface area contributed by atoms with Crippen LogP contribution in [0.4, 0.5) is 11.8 Å². The molecule has 0 radical (unpaired) electrons. The summed E-state index contributed by atoms with van der Waals surface area (Å²) in [5.74, 6) is 3.39. The van der Waals surface area contributed by atoms with E-state index in [0.29, 0.717) is 0 Å². The first-order valence-electron chi connectivity index (χ1n) is 10.0. The van der Waals surface area contributed by atoms with Crippen molar-refractivity contribution < 1.29 is 9.47 Å². The Labute approximate surface area is 166 Å². The first-order chi connectivity index (χ1) is 13.7. The summed E-state index contributed by atoms with van der Waals surface area (Å²) >= 11 is 0. The van der Waals surface area contributed by atoms with Crippen molar-refractivity contribution in [2.45, 2.75) is 19.9 Å². The number of nitrogens with zero attached hydrogens (tertiary/aromatic N) is 5. The maximum atomic E-state index is 5.47. The molecule has 7 heteroatoms. The molecule has 1 aromatic heterocycles. The number of rotatable bonds is 5. The Morgan fingerprint density at radius 1 is 0.929 bits per heavy atom. The molecule has 1 aromatic carbocycles. The third-order valence-electron chi connectivity index (χ3n) is 5.77. The summed E-state index contributed by atoms with van der Waals surface area (Å²) in [6.45, 7) is 9.23. The van der Waals surface area contributed by atoms with Gasteiger partial charge in [0.15, 0.2) is 11.5 Å². The molecule has 0 spiro atoms. The van der Waals surface area contributed by atoms with Crippen LogP contribution in [0, 0.1) is 0 Å². The minimum absolute atomic E-state index is 0.770. The van der Waals surface area contributed by atoms with Crippen LogP contribution in [0.1, 0.15) is 18.1 Å². The molecule has 0 N–H and O–H groups in total. The molecule has 4 rings (SSSR count). The topological polar surface area (TPSA) is 54.0 Å². The summed E-state index contributed by atoms with van der Waals surface area (Å²) in [6.07, 6.45) is 2.83. The fourth-order valence-corrected chi connectivity index (χ4v) is 4.01. The summed E-state index contributed by atoms with van der Waals surface area (Å²) in [5.41, 5.74) is 2.55. The van der Waals surface area contributed by atoms with Gasteiger partial charge in [0.1, 0.15) is 5.82 Å². The summed E-state index contributed by atoms with van der Waals surface area (Å²) in [7, 11) is 3.36. The van der Waals surface area contributed by atoms with Crippen molar-refractivity contribution in [1.82, 2.24) is 14.9 Å². The first kappa shape index (κ1) is 18.8. The van der Waals surface area contributed by atoms with E-state index in [1.54, 1.807) is 14.2 Å². The van der Waals surface area contributed by atoms with Gasteiger partial charge in [-0.05, 0) is 42.3 Å². The highest BCUT2D eigenvalue weighted by Gasteiger charge is 2.23. The molecule has 2 aliphatic heterocycles. The average molecular weight is 383 g/mol. The Bertz CT molecular complexity index is 820. The highest BCUT2D eigenvalue weighted by atomic mass is 16.5. The molecule has 0 bridgehead atoms. The molecule has 28 heavy (non-hydrogen) atoms. The van der Waals surface area contributed by atoms with Crippen LogP contribution in [-0.2, 0) is 13.0 Å². The largest absolute Gasteiger partial charge is 0.493 e. The number of benzene rings is 1. The van der Waals surface area contributed by atoms with Crippen molar-refractivity contribution >= 4 is 11.8 Å². The molecule has 1 fully saturated rings. The summed E-state index contributed by atoms with van der Waals surface area (Å²) in [4.78, 5) is 16.5. The lowest BCUT2D eigenvalue weighted by Crippen LogP contribution is -2.46. The van der Waals surface area contributed by atoms with Crippen LogP contribution < -0.4 is 19.3 Å². The van der Waals surface area contributed by atoms with Gasteiger partial charge < -0.3 is 24.2 Å². The third-order valence-corrected chi connectivity index (χ3v) is 5.77. The Balaban J connectivity index is 1.51. The minimum atomic E-state index is 0.770. The lowest BCUT2D eigenvalue weighted by atomic mass is 9.99.